The molecule has 0 bridgehead atoms. The van der Waals surface area contributed by atoms with Crippen molar-refractivity contribution in [1.82, 2.24) is 19.6 Å². The lowest BCUT2D eigenvalue weighted by atomic mass is 10.2. The van der Waals surface area contributed by atoms with Crippen molar-refractivity contribution in [3.63, 3.8) is 0 Å². The Kier molecular flexibility index (Phi) is 6.78. The Morgan fingerprint density at radius 2 is 1.88 bits per heavy atom. The van der Waals surface area contributed by atoms with E-state index in [2.05, 4.69) is 31.4 Å². The first kappa shape index (κ1) is 22.3. The fraction of sp³-hybridized carbons (Fsp3) is 0.0952. The average molecular weight is 539 g/mol. The summed E-state index contributed by atoms with van der Waals surface area (Å²) in [5, 5.41) is 12.0. The molecule has 4 aromatic rings. The largest absolute Gasteiger partial charge is 0.470 e. The van der Waals surface area contributed by atoms with Crippen molar-refractivity contribution >= 4 is 50.9 Å². The number of rotatable bonds is 7. The minimum atomic E-state index is -0.433. The number of halogens is 4. The molecule has 0 saturated heterocycles. The van der Waals surface area contributed by atoms with Crippen LogP contribution in [-0.4, -0.2) is 25.5 Å². The highest BCUT2D eigenvalue weighted by molar-refractivity contribution is 9.10. The molecule has 2 aromatic heterocycles. The van der Waals surface area contributed by atoms with Crippen LogP contribution in [0.25, 0.3) is 0 Å². The molecule has 164 valence electrons. The maximum absolute atomic E-state index is 13.1. The second-order valence-electron chi connectivity index (χ2n) is 6.67. The van der Waals surface area contributed by atoms with Crippen LogP contribution < -0.4 is 10.1 Å². The summed E-state index contributed by atoms with van der Waals surface area (Å²) in [7, 11) is 0. The monoisotopic (exact) mass is 537 g/mol. The molecular formula is C21H15BrCl2FN5O2. The first-order valence-electron chi connectivity index (χ1n) is 9.28. The van der Waals surface area contributed by atoms with Crippen LogP contribution in [0.1, 0.15) is 16.1 Å². The molecule has 1 amide bonds. The summed E-state index contributed by atoms with van der Waals surface area (Å²) in [6.45, 7) is 0.468. The lowest BCUT2D eigenvalue weighted by Gasteiger charge is -2.08. The molecule has 0 aliphatic carbocycles. The maximum atomic E-state index is 13.1. The van der Waals surface area contributed by atoms with Gasteiger partial charge in [-0.3, -0.25) is 9.48 Å². The summed E-state index contributed by atoms with van der Waals surface area (Å²) < 4.78 is 22.4. The molecule has 0 atom stereocenters. The number of amides is 1. The van der Waals surface area contributed by atoms with Crippen LogP contribution in [0.5, 0.6) is 5.75 Å². The van der Waals surface area contributed by atoms with Gasteiger partial charge in [0.15, 0.2) is 18.2 Å². The molecule has 1 N–H and O–H groups in total. The minimum absolute atomic E-state index is 0.0450. The third-order valence-electron chi connectivity index (χ3n) is 4.35. The van der Waals surface area contributed by atoms with Gasteiger partial charge in [0.2, 0.25) is 0 Å². The molecule has 0 saturated carbocycles. The molecule has 0 aliphatic heterocycles. The molecule has 2 heterocycles. The zero-order valence-electron chi connectivity index (χ0n) is 16.3. The lowest BCUT2D eigenvalue weighted by Crippen LogP contribution is -2.15. The highest BCUT2D eigenvalue weighted by Crippen LogP contribution is 2.31. The van der Waals surface area contributed by atoms with Gasteiger partial charge < -0.3 is 10.1 Å². The van der Waals surface area contributed by atoms with Crippen LogP contribution in [0.2, 0.25) is 10.0 Å². The highest BCUT2D eigenvalue weighted by Gasteiger charge is 2.15. The SMILES string of the molecule is O=C(Nc1nn(Cc2ccc(F)cc2)cc1Br)c1ccn(COc2cccc(Cl)c2Cl)n1. The van der Waals surface area contributed by atoms with Crippen molar-refractivity contribution in [3.05, 3.63) is 92.5 Å². The number of hydrogen-bond donors (Lipinski definition) is 1. The van der Waals surface area contributed by atoms with E-state index in [1.54, 1.807) is 53.5 Å². The average Bonchev–Trinajstić information content (AvgIpc) is 3.37. The highest BCUT2D eigenvalue weighted by atomic mass is 79.9. The van der Waals surface area contributed by atoms with Crippen LogP contribution in [0, 0.1) is 5.82 Å². The molecule has 0 aliphatic rings. The number of nitrogens with one attached hydrogen (secondary N) is 1. The summed E-state index contributed by atoms with van der Waals surface area (Å²) >= 11 is 15.5. The Morgan fingerprint density at radius 1 is 1.09 bits per heavy atom. The Balaban J connectivity index is 1.38. The number of nitrogens with zero attached hydrogens (tertiary/aromatic N) is 4. The summed E-state index contributed by atoms with van der Waals surface area (Å²) in [6.07, 6.45) is 3.33. The number of benzene rings is 2. The van der Waals surface area contributed by atoms with E-state index in [0.717, 1.165) is 5.56 Å². The van der Waals surface area contributed by atoms with Crippen molar-refractivity contribution in [1.29, 1.82) is 0 Å². The van der Waals surface area contributed by atoms with Gasteiger partial charge in [-0.2, -0.15) is 10.2 Å². The Hall–Kier alpha value is -2.88. The number of carbonyl (C=O) groups is 1. The van der Waals surface area contributed by atoms with E-state index in [-0.39, 0.29) is 18.2 Å². The third-order valence-corrected chi connectivity index (χ3v) is 5.73. The normalized spacial score (nSPS) is 10.9. The lowest BCUT2D eigenvalue weighted by molar-refractivity contribution is 0.101. The minimum Gasteiger partial charge on any atom is -0.470 e. The van der Waals surface area contributed by atoms with Gasteiger partial charge in [0.25, 0.3) is 5.91 Å². The van der Waals surface area contributed by atoms with Crippen molar-refractivity contribution in [3.8, 4) is 5.75 Å². The van der Waals surface area contributed by atoms with Gasteiger partial charge in [0.05, 0.1) is 16.0 Å². The van der Waals surface area contributed by atoms with Crippen LogP contribution in [0.15, 0.2) is 65.4 Å². The zero-order valence-corrected chi connectivity index (χ0v) is 19.4. The predicted molar refractivity (Wildman–Crippen MR) is 123 cm³/mol. The van der Waals surface area contributed by atoms with Gasteiger partial charge in [-0.05, 0) is 51.8 Å². The summed E-state index contributed by atoms with van der Waals surface area (Å²) in [6, 6.07) is 12.7. The Bertz CT molecular complexity index is 1260. The Morgan fingerprint density at radius 3 is 2.66 bits per heavy atom. The van der Waals surface area contributed by atoms with E-state index in [9.17, 15) is 9.18 Å². The van der Waals surface area contributed by atoms with E-state index in [1.807, 2.05) is 0 Å². The summed E-state index contributed by atoms with van der Waals surface area (Å²) in [4.78, 5) is 12.6. The van der Waals surface area contributed by atoms with Crippen molar-refractivity contribution in [2.75, 3.05) is 5.32 Å². The quantitative estimate of drug-likeness (QED) is 0.331. The number of carbonyl (C=O) groups excluding carboxylic acids is 1. The van der Waals surface area contributed by atoms with Gasteiger partial charge >= 0.3 is 0 Å². The van der Waals surface area contributed by atoms with E-state index < -0.39 is 5.91 Å². The van der Waals surface area contributed by atoms with Crippen molar-refractivity contribution in [2.24, 2.45) is 0 Å². The fourth-order valence-corrected chi connectivity index (χ4v) is 3.56. The van der Waals surface area contributed by atoms with Gasteiger partial charge in [-0.1, -0.05) is 41.4 Å². The topological polar surface area (TPSA) is 74.0 Å². The Labute approximate surface area is 200 Å². The molecule has 11 heteroatoms. The van der Waals surface area contributed by atoms with Crippen LogP contribution >= 0.6 is 39.1 Å². The molecule has 4 rings (SSSR count). The number of aromatic nitrogens is 4. The second-order valence-corrected chi connectivity index (χ2v) is 8.31. The van der Waals surface area contributed by atoms with Gasteiger partial charge in [0.1, 0.15) is 16.6 Å². The molecule has 2 aromatic carbocycles. The molecule has 7 nitrogen and oxygen atoms in total. The van der Waals surface area contributed by atoms with E-state index in [1.165, 1.54) is 16.8 Å². The predicted octanol–water partition coefficient (Wildman–Crippen LogP) is 5.63. The number of hydrogen-bond acceptors (Lipinski definition) is 4. The molecule has 32 heavy (non-hydrogen) atoms. The molecule has 0 spiro atoms. The first-order chi connectivity index (χ1) is 15.4. The van der Waals surface area contributed by atoms with Gasteiger partial charge in [0, 0.05) is 12.4 Å². The van der Waals surface area contributed by atoms with Crippen LogP contribution in [0.3, 0.4) is 0 Å². The smallest absolute Gasteiger partial charge is 0.277 e. The van der Waals surface area contributed by atoms with E-state index in [4.69, 9.17) is 27.9 Å². The third kappa shape index (κ3) is 5.29. The van der Waals surface area contributed by atoms with Crippen LogP contribution in [0.4, 0.5) is 10.2 Å². The maximum Gasteiger partial charge on any atom is 0.277 e. The van der Waals surface area contributed by atoms with Gasteiger partial charge in [-0.15, -0.1) is 0 Å². The second kappa shape index (κ2) is 9.72. The zero-order chi connectivity index (χ0) is 22.7. The molecular weight excluding hydrogens is 524 g/mol. The van der Waals surface area contributed by atoms with Crippen LogP contribution in [-0.2, 0) is 13.3 Å². The van der Waals surface area contributed by atoms with E-state index >= 15 is 0 Å². The summed E-state index contributed by atoms with van der Waals surface area (Å²) in [5.74, 6) is 0.0195. The molecule has 0 fully saturated rings. The first-order valence-corrected chi connectivity index (χ1v) is 10.8. The van der Waals surface area contributed by atoms with Gasteiger partial charge in [-0.25, -0.2) is 9.07 Å². The number of anilines is 1. The summed E-state index contributed by atoms with van der Waals surface area (Å²) in [5.41, 5.74) is 1.06. The van der Waals surface area contributed by atoms with E-state index in [0.29, 0.717) is 32.6 Å². The molecule has 0 unspecified atom stereocenters. The van der Waals surface area contributed by atoms with Crippen molar-refractivity contribution in [2.45, 2.75) is 13.3 Å². The standard InChI is InChI=1S/C21H15BrCl2FN5O2/c22-15-11-30(10-13-4-6-14(25)7-5-13)28-20(15)26-21(31)17-8-9-29(27-17)12-32-18-3-1-2-16(23)19(18)24/h1-9,11H,10,12H2,(H,26,28,31). The molecule has 0 radical (unpaired) electrons. The number of ether oxygens (including phenoxy) is 1. The van der Waals surface area contributed by atoms with Crippen molar-refractivity contribution < 1.29 is 13.9 Å². The fourth-order valence-electron chi connectivity index (χ4n) is 2.80.